The highest BCUT2D eigenvalue weighted by Gasteiger charge is 2.42. The van der Waals surface area contributed by atoms with Crippen molar-refractivity contribution in [1.82, 2.24) is 5.32 Å². The minimum Gasteiger partial charge on any atom is -0.352 e. The third kappa shape index (κ3) is 4.64. The zero-order valence-electron chi connectivity index (χ0n) is 18.7. The van der Waals surface area contributed by atoms with E-state index in [0.717, 1.165) is 9.87 Å². The Hall–Kier alpha value is -3.36. The van der Waals surface area contributed by atoms with E-state index in [2.05, 4.69) is 10.6 Å². The molecule has 0 aliphatic carbocycles. The smallest absolute Gasteiger partial charge is 0.265 e. The van der Waals surface area contributed by atoms with Crippen LogP contribution in [0, 0.1) is 13.8 Å². The Balaban J connectivity index is 1.71. The average Bonchev–Trinajstić information content (AvgIpc) is 2.81. The lowest BCUT2D eigenvalue weighted by Crippen LogP contribution is -2.52. The molecule has 34 heavy (non-hydrogen) atoms. The van der Waals surface area contributed by atoms with Crippen molar-refractivity contribution < 1.29 is 18.0 Å². The fraction of sp³-hybridized carbons (Fsp3) is 0.200. The highest BCUT2D eigenvalue weighted by Crippen LogP contribution is 2.38. The summed E-state index contributed by atoms with van der Waals surface area (Å²) in [6, 6.07) is 17.8. The van der Waals surface area contributed by atoms with E-state index in [1.54, 1.807) is 44.2 Å². The second-order valence-electron chi connectivity index (χ2n) is 8.16. The maximum absolute atomic E-state index is 13.9. The van der Waals surface area contributed by atoms with Crippen LogP contribution in [-0.2, 0) is 26.2 Å². The molecule has 3 aromatic carbocycles. The monoisotopic (exact) mass is 497 g/mol. The minimum absolute atomic E-state index is 0.0357. The van der Waals surface area contributed by atoms with E-state index in [9.17, 15) is 18.0 Å². The van der Waals surface area contributed by atoms with Gasteiger partial charge in [0.1, 0.15) is 6.04 Å². The molecule has 4 rings (SSSR count). The Morgan fingerprint density at radius 3 is 2.44 bits per heavy atom. The number of benzene rings is 3. The molecule has 3 aromatic rings. The van der Waals surface area contributed by atoms with E-state index in [1.165, 1.54) is 6.07 Å². The number of rotatable bonds is 6. The summed E-state index contributed by atoms with van der Waals surface area (Å²) in [4.78, 5) is 25.9. The summed E-state index contributed by atoms with van der Waals surface area (Å²) in [5.41, 5.74) is 2.60. The normalized spacial score (nSPS) is 15.4. The van der Waals surface area contributed by atoms with Crippen LogP contribution in [0.25, 0.3) is 0 Å². The molecule has 1 heterocycles. The van der Waals surface area contributed by atoms with Gasteiger partial charge < -0.3 is 10.6 Å². The summed E-state index contributed by atoms with van der Waals surface area (Å²) >= 11 is 6.18. The van der Waals surface area contributed by atoms with Gasteiger partial charge in [-0.15, -0.1) is 0 Å². The number of nitrogens with zero attached hydrogens (tertiary/aromatic N) is 1. The van der Waals surface area contributed by atoms with Gasteiger partial charge >= 0.3 is 0 Å². The summed E-state index contributed by atoms with van der Waals surface area (Å²) in [5.74, 6) is -1.01. The lowest BCUT2D eigenvalue weighted by atomic mass is 10.1. The van der Waals surface area contributed by atoms with Crippen LogP contribution in [0.3, 0.4) is 0 Å². The Bertz CT molecular complexity index is 1360. The molecule has 1 aliphatic rings. The lowest BCUT2D eigenvalue weighted by Gasteiger charge is -2.37. The number of carbonyl (C=O) groups is 2. The van der Waals surface area contributed by atoms with Crippen LogP contribution in [0.1, 0.15) is 23.1 Å². The summed E-state index contributed by atoms with van der Waals surface area (Å²) in [5, 5.41) is 5.95. The molecule has 2 N–H and O–H groups in total. The van der Waals surface area contributed by atoms with Crippen LogP contribution in [0.5, 0.6) is 0 Å². The van der Waals surface area contributed by atoms with Gasteiger partial charge in [-0.05, 0) is 54.8 Å². The number of aryl methyl sites for hydroxylation is 2. The van der Waals surface area contributed by atoms with Crippen LogP contribution >= 0.6 is 11.6 Å². The van der Waals surface area contributed by atoms with Crippen molar-refractivity contribution in [1.29, 1.82) is 0 Å². The van der Waals surface area contributed by atoms with Crippen molar-refractivity contribution in [2.45, 2.75) is 37.8 Å². The molecule has 0 fully saturated rings. The van der Waals surface area contributed by atoms with Crippen molar-refractivity contribution in [3.05, 3.63) is 88.4 Å². The second kappa shape index (κ2) is 9.48. The number of para-hydroxylation sites is 2. The van der Waals surface area contributed by atoms with Crippen LogP contribution < -0.4 is 14.9 Å². The average molecular weight is 498 g/mol. The zero-order chi connectivity index (χ0) is 24.5. The number of hydrogen-bond acceptors (Lipinski definition) is 4. The third-order valence-electron chi connectivity index (χ3n) is 5.69. The van der Waals surface area contributed by atoms with Gasteiger partial charge in [0, 0.05) is 11.6 Å². The van der Waals surface area contributed by atoms with Crippen molar-refractivity contribution in [3.8, 4) is 0 Å². The maximum atomic E-state index is 13.9. The highest BCUT2D eigenvalue weighted by molar-refractivity contribution is 7.93. The first-order valence-corrected chi connectivity index (χ1v) is 12.5. The number of anilines is 2. The predicted molar refractivity (Wildman–Crippen MR) is 132 cm³/mol. The highest BCUT2D eigenvalue weighted by atomic mass is 35.5. The summed E-state index contributed by atoms with van der Waals surface area (Å²) in [6.45, 7) is 3.63. The van der Waals surface area contributed by atoms with Crippen molar-refractivity contribution in [3.63, 3.8) is 0 Å². The Morgan fingerprint density at radius 1 is 1.03 bits per heavy atom. The summed E-state index contributed by atoms with van der Waals surface area (Å²) in [7, 11) is -4.21. The molecule has 0 saturated heterocycles. The first-order chi connectivity index (χ1) is 16.2. The van der Waals surface area contributed by atoms with E-state index in [0.29, 0.717) is 27.5 Å². The van der Waals surface area contributed by atoms with Gasteiger partial charge in [-0.1, -0.05) is 54.1 Å². The molecular weight excluding hydrogens is 474 g/mol. The van der Waals surface area contributed by atoms with Gasteiger partial charge in [0.15, 0.2) is 0 Å². The fourth-order valence-corrected chi connectivity index (χ4v) is 6.06. The van der Waals surface area contributed by atoms with E-state index >= 15 is 0 Å². The number of hydrogen-bond donors (Lipinski definition) is 2. The van der Waals surface area contributed by atoms with Crippen LogP contribution in [0.2, 0.25) is 5.02 Å². The molecule has 176 valence electrons. The van der Waals surface area contributed by atoms with E-state index in [-0.39, 0.29) is 17.9 Å². The molecule has 0 bridgehead atoms. The van der Waals surface area contributed by atoms with Crippen LogP contribution in [0.15, 0.2) is 71.6 Å². The molecule has 0 aromatic heterocycles. The fourth-order valence-electron chi connectivity index (χ4n) is 3.92. The van der Waals surface area contributed by atoms with Crippen molar-refractivity contribution in [2.24, 2.45) is 0 Å². The molecular formula is C25H24ClN3O4S. The molecule has 1 atom stereocenters. The largest absolute Gasteiger partial charge is 0.352 e. The van der Waals surface area contributed by atoms with Gasteiger partial charge in [-0.2, -0.15) is 0 Å². The molecule has 0 spiro atoms. The number of carbonyl (C=O) groups excluding carboxylic acids is 2. The van der Waals surface area contributed by atoms with Gasteiger partial charge in [0.05, 0.1) is 22.7 Å². The quantitative estimate of drug-likeness (QED) is 0.534. The topological polar surface area (TPSA) is 95.6 Å². The summed E-state index contributed by atoms with van der Waals surface area (Å²) in [6.07, 6.45) is -0.335. The molecule has 0 radical (unpaired) electrons. The second-order valence-corrected chi connectivity index (χ2v) is 10.3. The molecule has 1 unspecified atom stereocenters. The van der Waals surface area contributed by atoms with Gasteiger partial charge in [-0.25, -0.2) is 8.42 Å². The number of fused-ring (bicyclic) bond motifs is 1. The molecule has 7 nitrogen and oxygen atoms in total. The van der Waals surface area contributed by atoms with Crippen LogP contribution in [-0.4, -0.2) is 26.3 Å². The maximum Gasteiger partial charge on any atom is 0.265 e. The number of halogens is 1. The molecule has 9 heteroatoms. The lowest BCUT2D eigenvalue weighted by molar-refractivity contribution is -0.125. The van der Waals surface area contributed by atoms with Gasteiger partial charge in [0.25, 0.3) is 10.0 Å². The molecule has 0 saturated carbocycles. The Kier molecular flexibility index (Phi) is 6.63. The number of nitrogens with one attached hydrogen (secondary N) is 2. The number of sulfonamides is 1. The van der Waals surface area contributed by atoms with E-state index in [4.69, 9.17) is 11.6 Å². The first kappa shape index (κ1) is 23.8. The van der Waals surface area contributed by atoms with Gasteiger partial charge in [0.2, 0.25) is 11.8 Å². The predicted octanol–water partition coefficient (Wildman–Crippen LogP) is 4.18. The molecule has 2 amide bonds. The standard InChI is InChI=1S/C25H24ClN3O4S/c1-16-13-23(17(2)12-19(16)26)34(32,33)29-21-11-7-6-10-20(21)28-25(31)22(29)14-24(30)27-15-18-8-4-3-5-9-18/h3-13,22H,14-15H2,1-2H3,(H,27,30)(H,28,31). The third-order valence-corrected chi connectivity index (χ3v) is 8.06. The SMILES string of the molecule is Cc1cc(S(=O)(=O)N2c3ccccc3NC(=O)C2CC(=O)NCc2ccccc2)c(C)cc1Cl. The van der Waals surface area contributed by atoms with E-state index in [1.807, 2.05) is 30.3 Å². The van der Waals surface area contributed by atoms with Crippen LogP contribution in [0.4, 0.5) is 11.4 Å². The zero-order valence-corrected chi connectivity index (χ0v) is 20.3. The van der Waals surface area contributed by atoms with Gasteiger partial charge in [-0.3, -0.25) is 13.9 Å². The Labute approximate surface area is 203 Å². The van der Waals surface area contributed by atoms with E-state index < -0.39 is 27.9 Å². The van der Waals surface area contributed by atoms with Crippen molar-refractivity contribution in [2.75, 3.05) is 9.62 Å². The first-order valence-electron chi connectivity index (χ1n) is 10.7. The molecule has 1 aliphatic heterocycles. The number of amides is 2. The minimum atomic E-state index is -4.21. The van der Waals surface area contributed by atoms with Crippen molar-refractivity contribution >= 4 is 44.8 Å². The summed E-state index contributed by atoms with van der Waals surface area (Å²) < 4.78 is 28.9. The Morgan fingerprint density at radius 2 is 1.71 bits per heavy atom.